The fourth-order valence-electron chi connectivity index (χ4n) is 1.79. The van der Waals surface area contributed by atoms with Gasteiger partial charge < -0.3 is 29.4 Å². The molecule has 5 unspecified atom stereocenters. The summed E-state index contributed by atoms with van der Waals surface area (Å²) in [6, 6.07) is 0. The molecular formula is C7H17O12P3. The van der Waals surface area contributed by atoms with E-state index in [9.17, 15) is 23.7 Å². The van der Waals surface area contributed by atoms with E-state index in [0.717, 1.165) is 0 Å². The standard InChI is InChI=1S/C7H17O12P3/c1-5-3-6(8)7(2,17-5)4-16-21(12,13)19-22(14,15)18-20(9,10)11/h5-6,8H,3-4H2,1-2H3,(H,12,13)(H,14,15)(H2,9,10,11). The molecule has 22 heavy (non-hydrogen) atoms. The van der Waals surface area contributed by atoms with E-state index in [1.54, 1.807) is 6.92 Å². The van der Waals surface area contributed by atoms with E-state index >= 15 is 0 Å². The van der Waals surface area contributed by atoms with E-state index in [2.05, 4.69) is 13.1 Å². The Labute approximate surface area is 125 Å². The van der Waals surface area contributed by atoms with Crippen LogP contribution in [0.25, 0.3) is 0 Å². The molecule has 1 saturated heterocycles. The van der Waals surface area contributed by atoms with Gasteiger partial charge in [0.05, 0.1) is 18.8 Å². The van der Waals surface area contributed by atoms with E-state index in [1.165, 1.54) is 6.92 Å². The number of phosphoric acid groups is 3. The second-order valence-corrected chi connectivity index (χ2v) is 9.28. The normalized spacial score (nSPS) is 35.0. The molecule has 1 aliphatic rings. The molecule has 0 aromatic heterocycles. The van der Waals surface area contributed by atoms with E-state index < -0.39 is 41.8 Å². The molecule has 1 aliphatic heterocycles. The number of aliphatic hydroxyl groups is 1. The number of rotatable bonds is 7. The molecule has 0 aromatic rings. The van der Waals surface area contributed by atoms with Crippen LogP contribution in [0.5, 0.6) is 0 Å². The summed E-state index contributed by atoms with van der Waals surface area (Å²) in [6.07, 6.45) is -1.12. The molecule has 0 amide bonds. The number of ether oxygens (including phenoxy) is 1. The third-order valence-electron chi connectivity index (χ3n) is 2.66. The van der Waals surface area contributed by atoms with Gasteiger partial charge in [0, 0.05) is 6.42 Å². The Kier molecular flexibility index (Phi) is 6.19. The summed E-state index contributed by atoms with van der Waals surface area (Å²) in [7, 11) is -16.2. The molecule has 1 fully saturated rings. The Balaban J connectivity index is 2.67. The summed E-state index contributed by atoms with van der Waals surface area (Å²) in [5, 5.41) is 9.75. The third kappa shape index (κ3) is 6.45. The summed E-state index contributed by atoms with van der Waals surface area (Å²) in [4.78, 5) is 35.0. The van der Waals surface area contributed by atoms with Crippen LogP contribution in [0.2, 0.25) is 0 Å². The maximum absolute atomic E-state index is 11.5. The number of hydrogen-bond donors (Lipinski definition) is 5. The maximum Gasteiger partial charge on any atom is 0.490 e. The minimum absolute atomic E-state index is 0.246. The van der Waals surface area contributed by atoms with Crippen LogP contribution < -0.4 is 0 Å². The van der Waals surface area contributed by atoms with Crippen LogP contribution in [0.1, 0.15) is 20.3 Å². The Hall–Kier alpha value is 0.330. The first kappa shape index (κ1) is 20.4. The van der Waals surface area contributed by atoms with Crippen LogP contribution in [0.15, 0.2) is 0 Å². The molecule has 0 aliphatic carbocycles. The Morgan fingerprint density at radius 3 is 2.09 bits per heavy atom. The lowest BCUT2D eigenvalue weighted by molar-refractivity contribution is -0.0926. The Morgan fingerprint density at radius 1 is 1.14 bits per heavy atom. The van der Waals surface area contributed by atoms with Crippen molar-refractivity contribution in [1.82, 2.24) is 0 Å². The van der Waals surface area contributed by atoms with Crippen LogP contribution in [0.3, 0.4) is 0 Å². The van der Waals surface area contributed by atoms with Gasteiger partial charge in [-0.25, -0.2) is 13.7 Å². The highest BCUT2D eigenvalue weighted by molar-refractivity contribution is 7.66. The lowest BCUT2D eigenvalue weighted by Gasteiger charge is -2.28. The van der Waals surface area contributed by atoms with Crippen molar-refractivity contribution < 1.29 is 56.3 Å². The summed E-state index contributed by atoms with van der Waals surface area (Å²) in [6.45, 7) is 2.35. The fraction of sp³-hybridized carbons (Fsp3) is 1.00. The van der Waals surface area contributed by atoms with Gasteiger partial charge in [-0.3, -0.25) is 4.52 Å². The maximum atomic E-state index is 11.5. The van der Waals surface area contributed by atoms with Gasteiger partial charge in [-0.2, -0.15) is 8.62 Å². The lowest BCUT2D eigenvalue weighted by Crippen LogP contribution is -2.40. The van der Waals surface area contributed by atoms with Crippen LogP contribution in [-0.4, -0.2) is 49.1 Å². The molecule has 15 heteroatoms. The highest BCUT2D eigenvalue weighted by Crippen LogP contribution is 2.66. The van der Waals surface area contributed by atoms with Gasteiger partial charge in [-0.05, 0) is 13.8 Å². The molecule has 0 saturated carbocycles. The zero-order valence-electron chi connectivity index (χ0n) is 11.5. The SMILES string of the molecule is CC1CC(O)C(C)(COP(=O)(O)OP(=O)(O)OP(=O)(O)O)O1. The molecule has 12 nitrogen and oxygen atoms in total. The Morgan fingerprint density at radius 2 is 1.68 bits per heavy atom. The molecule has 1 heterocycles. The van der Waals surface area contributed by atoms with Crippen molar-refractivity contribution in [2.24, 2.45) is 0 Å². The number of hydrogen-bond acceptors (Lipinski definition) is 8. The first-order chi connectivity index (χ1) is 9.64. The fourth-order valence-corrected chi connectivity index (χ4v) is 4.91. The number of phosphoric ester groups is 1. The van der Waals surface area contributed by atoms with Crippen molar-refractivity contribution in [1.29, 1.82) is 0 Å². The number of aliphatic hydroxyl groups excluding tert-OH is 1. The van der Waals surface area contributed by atoms with E-state index in [0.29, 0.717) is 0 Å². The molecule has 132 valence electrons. The van der Waals surface area contributed by atoms with Gasteiger partial charge in [0.1, 0.15) is 5.60 Å². The summed E-state index contributed by atoms with van der Waals surface area (Å²) >= 11 is 0. The molecule has 5 N–H and O–H groups in total. The van der Waals surface area contributed by atoms with Gasteiger partial charge in [0.25, 0.3) is 0 Å². The minimum atomic E-state index is -5.55. The largest absolute Gasteiger partial charge is 0.490 e. The zero-order valence-corrected chi connectivity index (χ0v) is 14.2. The van der Waals surface area contributed by atoms with E-state index in [1.807, 2.05) is 0 Å². The average Bonchev–Trinajstić information content (AvgIpc) is 2.45. The summed E-state index contributed by atoms with van der Waals surface area (Å²) in [5.74, 6) is 0. The molecule has 0 bridgehead atoms. The first-order valence-electron chi connectivity index (χ1n) is 5.78. The van der Waals surface area contributed by atoms with Crippen molar-refractivity contribution in [3.63, 3.8) is 0 Å². The topological polar surface area (TPSA) is 189 Å². The van der Waals surface area contributed by atoms with Crippen LogP contribution in [0, 0.1) is 0 Å². The molecule has 0 spiro atoms. The van der Waals surface area contributed by atoms with Crippen molar-refractivity contribution in [2.75, 3.05) is 6.61 Å². The van der Waals surface area contributed by atoms with Gasteiger partial charge in [-0.1, -0.05) is 0 Å². The smallest absolute Gasteiger partial charge is 0.390 e. The summed E-state index contributed by atoms with van der Waals surface area (Å²) < 4.78 is 49.9. The molecule has 5 atom stereocenters. The average molecular weight is 386 g/mol. The van der Waals surface area contributed by atoms with Crippen LogP contribution in [0.4, 0.5) is 0 Å². The molecule has 1 rings (SSSR count). The minimum Gasteiger partial charge on any atom is -0.390 e. The quantitative estimate of drug-likeness (QED) is 0.376. The van der Waals surface area contributed by atoms with E-state index in [-0.39, 0.29) is 12.5 Å². The summed E-state index contributed by atoms with van der Waals surface area (Å²) in [5.41, 5.74) is -1.36. The third-order valence-corrected chi connectivity index (χ3v) is 6.44. The first-order valence-corrected chi connectivity index (χ1v) is 10.3. The highest BCUT2D eigenvalue weighted by atomic mass is 31.3. The monoisotopic (exact) mass is 386 g/mol. The second kappa shape index (κ2) is 6.68. The predicted molar refractivity (Wildman–Crippen MR) is 69.4 cm³/mol. The lowest BCUT2D eigenvalue weighted by atomic mass is 10.0. The molecule has 0 aromatic carbocycles. The van der Waals surface area contributed by atoms with Crippen LogP contribution >= 0.6 is 23.5 Å². The second-order valence-electron chi connectivity index (χ2n) is 4.86. The van der Waals surface area contributed by atoms with Crippen molar-refractivity contribution in [3.8, 4) is 0 Å². The molecular weight excluding hydrogens is 369 g/mol. The van der Waals surface area contributed by atoms with Gasteiger partial charge in [-0.15, -0.1) is 0 Å². The predicted octanol–water partition coefficient (Wildman–Crippen LogP) is 0.258. The van der Waals surface area contributed by atoms with Gasteiger partial charge >= 0.3 is 23.5 Å². The van der Waals surface area contributed by atoms with Crippen LogP contribution in [-0.2, 0) is 31.6 Å². The highest BCUT2D eigenvalue weighted by Gasteiger charge is 2.46. The van der Waals surface area contributed by atoms with Gasteiger partial charge in [0.15, 0.2) is 0 Å². The van der Waals surface area contributed by atoms with Crippen molar-refractivity contribution in [2.45, 2.75) is 38.1 Å². The van der Waals surface area contributed by atoms with Gasteiger partial charge in [0.2, 0.25) is 0 Å². The van der Waals surface area contributed by atoms with Crippen molar-refractivity contribution >= 4 is 23.5 Å². The Bertz CT molecular complexity index is 543. The molecule has 0 radical (unpaired) electrons. The van der Waals surface area contributed by atoms with E-state index in [4.69, 9.17) is 19.4 Å². The zero-order chi connectivity index (χ0) is 17.4. The van der Waals surface area contributed by atoms with Crippen molar-refractivity contribution in [3.05, 3.63) is 0 Å².